The molecule has 1 saturated heterocycles. The van der Waals surface area contributed by atoms with E-state index in [1.165, 1.54) is 0 Å². The number of halogens is 1. The maximum Gasteiger partial charge on any atom is 0.0862 e. The Morgan fingerprint density at radius 1 is 1.63 bits per heavy atom. The molecular weight excluding hydrogens is 264 g/mol. The molecule has 0 amide bonds. The van der Waals surface area contributed by atoms with Gasteiger partial charge in [-0.05, 0) is 33.9 Å². The van der Waals surface area contributed by atoms with Crippen LogP contribution >= 0.6 is 11.6 Å². The number of nitrogens with zero attached hydrogens (tertiary/aromatic N) is 3. The minimum Gasteiger partial charge on any atom is -0.373 e. The molecule has 2 N–H and O–H groups in total. The summed E-state index contributed by atoms with van der Waals surface area (Å²) >= 11 is 6.26. The van der Waals surface area contributed by atoms with Crippen molar-refractivity contribution in [3.05, 3.63) is 16.9 Å². The first-order chi connectivity index (χ1) is 8.94. The average Bonchev–Trinajstić information content (AvgIpc) is 2.93. The molecule has 2 rings (SSSR count). The molecule has 2 atom stereocenters. The highest BCUT2D eigenvalue weighted by Crippen LogP contribution is 2.38. The summed E-state index contributed by atoms with van der Waals surface area (Å²) in [5.74, 6) is 0. The Morgan fingerprint density at radius 2 is 2.37 bits per heavy atom. The zero-order chi connectivity index (χ0) is 14.0. The first kappa shape index (κ1) is 14.8. The summed E-state index contributed by atoms with van der Waals surface area (Å²) in [5.41, 5.74) is 6.95. The monoisotopic (exact) mass is 286 g/mol. The number of aromatic nitrogens is 2. The fraction of sp³-hybridized carbons (Fsp3) is 0.769. The van der Waals surface area contributed by atoms with Gasteiger partial charge in [-0.25, -0.2) is 0 Å². The van der Waals surface area contributed by atoms with E-state index in [4.69, 9.17) is 22.1 Å². The Kier molecular flexibility index (Phi) is 4.50. The predicted octanol–water partition coefficient (Wildman–Crippen LogP) is 1.67. The van der Waals surface area contributed by atoms with E-state index >= 15 is 0 Å². The zero-order valence-electron chi connectivity index (χ0n) is 11.9. The molecule has 1 aliphatic heterocycles. The van der Waals surface area contributed by atoms with Crippen molar-refractivity contribution >= 4 is 11.6 Å². The molecule has 108 valence electrons. The summed E-state index contributed by atoms with van der Waals surface area (Å²) < 4.78 is 7.73. The van der Waals surface area contributed by atoms with Crippen LogP contribution in [0, 0.1) is 0 Å². The normalized spacial score (nSPS) is 25.2. The molecule has 1 fully saturated rings. The molecule has 1 aliphatic rings. The van der Waals surface area contributed by atoms with Gasteiger partial charge in [0.15, 0.2) is 0 Å². The molecule has 2 unspecified atom stereocenters. The maximum atomic E-state index is 6.40. The lowest BCUT2D eigenvalue weighted by atomic mass is 9.91. The highest BCUT2D eigenvalue weighted by molar-refractivity contribution is 6.31. The van der Waals surface area contributed by atoms with Crippen molar-refractivity contribution in [2.24, 2.45) is 5.73 Å². The van der Waals surface area contributed by atoms with Crippen molar-refractivity contribution in [1.82, 2.24) is 14.7 Å². The Hall–Kier alpha value is -0.620. The van der Waals surface area contributed by atoms with Gasteiger partial charge in [-0.15, -0.1) is 0 Å². The maximum absolute atomic E-state index is 6.40. The largest absolute Gasteiger partial charge is 0.373 e. The summed E-state index contributed by atoms with van der Waals surface area (Å²) in [6.07, 6.45) is 3.68. The number of hydrogen-bond donors (Lipinski definition) is 1. The quantitative estimate of drug-likeness (QED) is 0.894. The molecule has 2 heterocycles. The van der Waals surface area contributed by atoms with E-state index in [-0.39, 0.29) is 11.6 Å². The standard InChI is InChI=1S/C13H23ClN4O/c1-13(5-4-8-19-13)12(15)11-10(14)9-16-18(11)7-6-17(2)3/h9,12H,4-8,15H2,1-3H3. The average molecular weight is 287 g/mol. The van der Waals surface area contributed by atoms with Crippen LogP contribution in [0.4, 0.5) is 0 Å². The second-order valence-corrected chi connectivity index (χ2v) is 6.05. The van der Waals surface area contributed by atoms with Crippen LogP contribution in [0.2, 0.25) is 5.02 Å². The van der Waals surface area contributed by atoms with Gasteiger partial charge in [0.25, 0.3) is 0 Å². The Morgan fingerprint density at radius 3 is 2.95 bits per heavy atom. The third kappa shape index (κ3) is 3.11. The van der Waals surface area contributed by atoms with E-state index in [0.29, 0.717) is 5.02 Å². The molecule has 0 bridgehead atoms. The van der Waals surface area contributed by atoms with E-state index in [9.17, 15) is 0 Å². The molecule has 0 aliphatic carbocycles. The van der Waals surface area contributed by atoms with Crippen LogP contribution in [0.5, 0.6) is 0 Å². The van der Waals surface area contributed by atoms with Crippen molar-refractivity contribution < 1.29 is 4.74 Å². The predicted molar refractivity (Wildman–Crippen MR) is 76.3 cm³/mol. The molecule has 5 nitrogen and oxygen atoms in total. The van der Waals surface area contributed by atoms with E-state index < -0.39 is 0 Å². The Bertz CT molecular complexity index is 426. The van der Waals surface area contributed by atoms with Crippen LogP contribution < -0.4 is 5.73 Å². The van der Waals surface area contributed by atoms with E-state index in [0.717, 1.165) is 38.2 Å². The van der Waals surface area contributed by atoms with Crippen LogP contribution in [0.25, 0.3) is 0 Å². The Labute approximate surface area is 119 Å². The summed E-state index contributed by atoms with van der Waals surface area (Å²) in [6, 6.07) is -0.243. The van der Waals surface area contributed by atoms with Crippen molar-refractivity contribution in [1.29, 1.82) is 0 Å². The summed E-state index contributed by atoms with van der Waals surface area (Å²) in [4.78, 5) is 2.11. The second kappa shape index (κ2) is 5.79. The number of nitrogens with two attached hydrogens (primary N) is 1. The van der Waals surface area contributed by atoms with Gasteiger partial charge in [-0.3, -0.25) is 4.68 Å². The lowest BCUT2D eigenvalue weighted by molar-refractivity contribution is -0.00391. The molecule has 0 aromatic carbocycles. The van der Waals surface area contributed by atoms with Gasteiger partial charge >= 0.3 is 0 Å². The van der Waals surface area contributed by atoms with Crippen molar-refractivity contribution in [3.63, 3.8) is 0 Å². The van der Waals surface area contributed by atoms with Crippen LogP contribution in [0.15, 0.2) is 6.20 Å². The fourth-order valence-electron chi connectivity index (χ4n) is 2.49. The molecule has 6 heteroatoms. The smallest absolute Gasteiger partial charge is 0.0862 e. The summed E-state index contributed by atoms with van der Waals surface area (Å²) in [6.45, 7) is 4.51. The highest BCUT2D eigenvalue weighted by atomic mass is 35.5. The van der Waals surface area contributed by atoms with Gasteiger partial charge in [-0.1, -0.05) is 11.6 Å². The third-order valence-electron chi connectivity index (χ3n) is 3.79. The second-order valence-electron chi connectivity index (χ2n) is 5.65. The molecule has 0 spiro atoms. The SMILES string of the molecule is CN(C)CCn1ncc(Cl)c1C(N)C1(C)CCCO1. The van der Waals surface area contributed by atoms with Crippen molar-refractivity contribution in [2.45, 2.75) is 38.0 Å². The number of rotatable bonds is 5. The van der Waals surface area contributed by atoms with Gasteiger partial charge in [-0.2, -0.15) is 5.10 Å². The number of hydrogen-bond acceptors (Lipinski definition) is 4. The van der Waals surface area contributed by atoms with Crippen LogP contribution in [0.3, 0.4) is 0 Å². The number of ether oxygens (including phenoxy) is 1. The van der Waals surface area contributed by atoms with Crippen molar-refractivity contribution in [3.8, 4) is 0 Å². The minimum absolute atomic E-state index is 0.243. The van der Waals surface area contributed by atoms with Crippen LogP contribution in [0.1, 0.15) is 31.5 Å². The van der Waals surface area contributed by atoms with Crippen LogP contribution in [-0.2, 0) is 11.3 Å². The summed E-state index contributed by atoms with van der Waals surface area (Å²) in [7, 11) is 4.07. The minimum atomic E-state index is -0.334. The van der Waals surface area contributed by atoms with Gasteiger partial charge in [0.2, 0.25) is 0 Å². The molecule has 0 radical (unpaired) electrons. The molecule has 1 aromatic heterocycles. The van der Waals surface area contributed by atoms with Crippen molar-refractivity contribution in [2.75, 3.05) is 27.2 Å². The molecular formula is C13H23ClN4O. The lowest BCUT2D eigenvalue weighted by Gasteiger charge is -2.31. The highest BCUT2D eigenvalue weighted by Gasteiger charge is 2.39. The molecule has 1 aromatic rings. The van der Waals surface area contributed by atoms with Gasteiger partial charge in [0.05, 0.1) is 35.1 Å². The number of likely N-dealkylation sites (N-methyl/N-ethyl adjacent to an activating group) is 1. The van der Waals surface area contributed by atoms with Crippen LogP contribution in [-0.4, -0.2) is 47.5 Å². The first-order valence-electron chi connectivity index (χ1n) is 6.69. The zero-order valence-corrected chi connectivity index (χ0v) is 12.7. The van der Waals surface area contributed by atoms with E-state index in [2.05, 4.69) is 16.9 Å². The summed E-state index contributed by atoms with van der Waals surface area (Å²) in [5, 5.41) is 4.96. The van der Waals surface area contributed by atoms with E-state index in [1.807, 2.05) is 18.8 Å². The van der Waals surface area contributed by atoms with Gasteiger partial charge in [0, 0.05) is 13.2 Å². The van der Waals surface area contributed by atoms with Gasteiger partial charge in [0.1, 0.15) is 0 Å². The third-order valence-corrected chi connectivity index (χ3v) is 4.09. The Balaban J connectivity index is 2.20. The first-order valence-corrected chi connectivity index (χ1v) is 7.07. The van der Waals surface area contributed by atoms with E-state index in [1.54, 1.807) is 6.20 Å². The van der Waals surface area contributed by atoms with Gasteiger partial charge < -0.3 is 15.4 Å². The lowest BCUT2D eigenvalue weighted by Crippen LogP contribution is -2.39. The fourth-order valence-corrected chi connectivity index (χ4v) is 2.75. The molecule has 0 saturated carbocycles. The molecule has 19 heavy (non-hydrogen) atoms. The topological polar surface area (TPSA) is 56.3 Å².